The lowest BCUT2D eigenvalue weighted by Crippen LogP contribution is -2.30. The second-order valence-corrected chi connectivity index (χ2v) is 8.97. The van der Waals surface area contributed by atoms with Gasteiger partial charge in [0.1, 0.15) is 5.82 Å². The van der Waals surface area contributed by atoms with Gasteiger partial charge in [0, 0.05) is 0 Å². The van der Waals surface area contributed by atoms with E-state index in [0.29, 0.717) is 16.2 Å². The van der Waals surface area contributed by atoms with Crippen LogP contribution in [0, 0.1) is 0 Å². The number of anilines is 1. The summed E-state index contributed by atoms with van der Waals surface area (Å²) in [5, 5.41) is 0.351. The van der Waals surface area contributed by atoms with Gasteiger partial charge in [0.15, 0.2) is 0 Å². The number of sulfonamides is 1. The molecule has 2 aromatic carbocycles. The third-order valence-corrected chi connectivity index (χ3v) is 6.68. The van der Waals surface area contributed by atoms with Gasteiger partial charge in [-0.25, -0.2) is 13.4 Å². The Balaban J connectivity index is 1.66. The molecule has 142 valence electrons. The minimum atomic E-state index is -3.75. The number of aromatic amines is 1. The Labute approximate surface area is 163 Å². The normalized spacial score (nSPS) is 18.7. The molecule has 3 aromatic rings. The van der Waals surface area contributed by atoms with E-state index in [4.69, 9.17) is 11.6 Å². The molecule has 1 aromatic heterocycles. The van der Waals surface area contributed by atoms with Crippen LogP contribution in [0.3, 0.4) is 0 Å². The van der Waals surface area contributed by atoms with Crippen molar-refractivity contribution in [3.05, 3.63) is 53.3 Å². The molecule has 1 aliphatic heterocycles. The molecule has 0 aliphatic carbocycles. The van der Waals surface area contributed by atoms with E-state index in [9.17, 15) is 8.42 Å². The molecule has 0 amide bonds. The number of fused-ring (bicyclic) bond motifs is 1. The van der Waals surface area contributed by atoms with Gasteiger partial charge in [0.25, 0.3) is 10.0 Å². The average molecular weight is 405 g/mol. The van der Waals surface area contributed by atoms with Crippen molar-refractivity contribution in [1.29, 1.82) is 0 Å². The predicted molar refractivity (Wildman–Crippen MR) is 108 cm³/mol. The number of hydrogen-bond acceptors (Lipinski definition) is 4. The lowest BCUT2D eigenvalue weighted by molar-refractivity contribution is 0.180. The first-order chi connectivity index (χ1) is 12.9. The van der Waals surface area contributed by atoms with Gasteiger partial charge >= 0.3 is 0 Å². The van der Waals surface area contributed by atoms with E-state index < -0.39 is 10.0 Å². The van der Waals surface area contributed by atoms with Crippen molar-refractivity contribution in [2.75, 3.05) is 18.3 Å². The highest BCUT2D eigenvalue weighted by molar-refractivity contribution is 7.92. The van der Waals surface area contributed by atoms with E-state index >= 15 is 0 Å². The number of H-pyrrole nitrogens is 1. The van der Waals surface area contributed by atoms with Crippen molar-refractivity contribution in [2.24, 2.45) is 0 Å². The monoisotopic (exact) mass is 404 g/mol. The molecule has 6 nitrogen and oxygen atoms in total. The van der Waals surface area contributed by atoms with Crippen LogP contribution in [-0.4, -0.2) is 36.9 Å². The summed E-state index contributed by atoms with van der Waals surface area (Å²) in [6.45, 7) is 1.04. The minimum absolute atomic E-state index is 0.157. The van der Waals surface area contributed by atoms with Crippen LogP contribution in [0.2, 0.25) is 5.02 Å². The quantitative estimate of drug-likeness (QED) is 0.683. The summed E-state index contributed by atoms with van der Waals surface area (Å²) in [4.78, 5) is 10.5. The zero-order chi connectivity index (χ0) is 19.0. The molecule has 1 fully saturated rings. The van der Waals surface area contributed by atoms with Crippen molar-refractivity contribution in [3.8, 4) is 0 Å². The van der Waals surface area contributed by atoms with E-state index in [2.05, 4.69) is 26.6 Å². The predicted octanol–water partition coefficient (Wildman–Crippen LogP) is 4.17. The molecule has 1 unspecified atom stereocenters. The van der Waals surface area contributed by atoms with Crippen LogP contribution in [0.25, 0.3) is 11.0 Å². The number of para-hydroxylation sites is 1. The van der Waals surface area contributed by atoms with Gasteiger partial charge in [0.05, 0.1) is 32.7 Å². The van der Waals surface area contributed by atoms with Gasteiger partial charge in [0.2, 0.25) is 0 Å². The van der Waals surface area contributed by atoms with Crippen molar-refractivity contribution in [3.63, 3.8) is 0 Å². The first-order valence-electron chi connectivity index (χ1n) is 8.91. The first kappa shape index (κ1) is 18.3. The third-order valence-electron chi connectivity index (χ3n) is 4.99. The summed E-state index contributed by atoms with van der Waals surface area (Å²) in [6.07, 6.45) is 3.42. The van der Waals surface area contributed by atoms with Gasteiger partial charge < -0.3 is 4.98 Å². The molecule has 4 rings (SSSR count). The van der Waals surface area contributed by atoms with Crippen molar-refractivity contribution in [2.45, 2.75) is 30.2 Å². The van der Waals surface area contributed by atoms with Crippen molar-refractivity contribution < 1.29 is 8.42 Å². The largest absolute Gasteiger partial charge is 0.341 e. The van der Waals surface area contributed by atoms with Crippen LogP contribution in [0.5, 0.6) is 0 Å². The molecule has 0 saturated carbocycles. The fourth-order valence-corrected chi connectivity index (χ4v) is 4.84. The van der Waals surface area contributed by atoms with E-state index in [1.165, 1.54) is 12.8 Å². The molecule has 0 radical (unpaired) electrons. The lowest BCUT2D eigenvalue weighted by atomic mass is 10.0. The highest BCUT2D eigenvalue weighted by Gasteiger charge is 2.24. The van der Waals surface area contributed by atoms with Crippen molar-refractivity contribution >= 4 is 38.3 Å². The highest BCUT2D eigenvalue weighted by Crippen LogP contribution is 2.30. The number of halogens is 1. The Bertz CT molecular complexity index is 1080. The summed E-state index contributed by atoms with van der Waals surface area (Å²) >= 11 is 6.07. The fourth-order valence-electron chi connectivity index (χ4n) is 3.50. The fraction of sp³-hybridized carbons (Fsp3) is 0.316. The maximum atomic E-state index is 12.7. The number of piperidine rings is 1. The lowest BCUT2D eigenvalue weighted by Gasteiger charge is -2.30. The Kier molecular flexibility index (Phi) is 4.84. The number of nitrogens with zero attached hydrogens (tertiary/aromatic N) is 2. The number of benzene rings is 2. The van der Waals surface area contributed by atoms with Crippen LogP contribution in [0.1, 0.15) is 31.1 Å². The molecule has 1 atom stereocenters. The van der Waals surface area contributed by atoms with E-state index in [1.807, 2.05) is 0 Å². The second kappa shape index (κ2) is 7.14. The van der Waals surface area contributed by atoms with E-state index in [-0.39, 0.29) is 10.9 Å². The second-order valence-electron chi connectivity index (χ2n) is 6.88. The zero-order valence-corrected chi connectivity index (χ0v) is 16.5. The molecular formula is C19H21ClN4O2S. The Hall–Kier alpha value is -2.09. The minimum Gasteiger partial charge on any atom is -0.341 e. The molecule has 2 heterocycles. The van der Waals surface area contributed by atoms with Crippen LogP contribution in [0.15, 0.2) is 47.4 Å². The number of nitrogens with one attached hydrogen (secondary N) is 2. The molecule has 0 bridgehead atoms. The number of rotatable bonds is 4. The zero-order valence-electron chi connectivity index (χ0n) is 14.9. The summed E-state index contributed by atoms with van der Waals surface area (Å²) in [6, 6.07) is 11.9. The number of imidazole rings is 1. The molecule has 0 spiro atoms. The van der Waals surface area contributed by atoms with E-state index in [0.717, 1.165) is 24.3 Å². The summed E-state index contributed by atoms with van der Waals surface area (Å²) < 4.78 is 28.0. The van der Waals surface area contributed by atoms with Crippen LogP contribution in [-0.2, 0) is 10.0 Å². The van der Waals surface area contributed by atoms with E-state index in [1.54, 1.807) is 42.5 Å². The number of aromatic nitrogens is 2. The molecule has 8 heteroatoms. The number of likely N-dealkylation sites (tertiary alicyclic amines) is 1. The molecule has 27 heavy (non-hydrogen) atoms. The number of hydrogen-bond donors (Lipinski definition) is 2. The van der Waals surface area contributed by atoms with Crippen LogP contribution < -0.4 is 4.72 Å². The standard InChI is InChI=1S/C19H21ClN4O2S/c1-24-11-5-4-8-18(24)19-21-16-10-9-13(12-17(16)22-19)27(25,26)23-15-7-3-2-6-14(15)20/h2-3,6-7,9-10,12,18,23H,4-5,8,11H2,1H3,(H,21,22). The van der Waals surface area contributed by atoms with Gasteiger partial charge in [-0.05, 0) is 56.8 Å². The van der Waals surface area contributed by atoms with Crippen LogP contribution >= 0.6 is 11.6 Å². The van der Waals surface area contributed by atoms with Gasteiger partial charge in [-0.2, -0.15) is 0 Å². The van der Waals surface area contributed by atoms with Crippen molar-refractivity contribution in [1.82, 2.24) is 14.9 Å². The average Bonchev–Trinajstić information content (AvgIpc) is 3.07. The summed E-state index contributed by atoms with van der Waals surface area (Å²) in [5.74, 6) is 0.890. The summed E-state index contributed by atoms with van der Waals surface area (Å²) in [7, 11) is -1.65. The Morgan fingerprint density at radius 1 is 1.22 bits per heavy atom. The smallest absolute Gasteiger partial charge is 0.262 e. The van der Waals surface area contributed by atoms with Crippen LogP contribution in [0.4, 0.5) is 5.69 Å². The molecule has 1 saturated heterocycles. The van der Waals surface area contributed by atoms with Gasteiger partial charge in [-0.3, -0.25) is 9.62 Å². The Morgan fingerprint density at radius 2 is 2.04 bits per heavy atom. The SMILES string of the molecule is CN1CCCCC1c1nc2cc(S(=O)(=O)Nc3ccccc3Cl)ccc2[nH]1. The van der Waals surface area contributed by atoms with Gasteiger partial charge in [-0.1, -0.05) is 30.2 Å². The first-order valence-corrected chi connectivity index (χ1v) is 10.8. The molecule has 1 aliphatic rings. The topological polar surface area (TPSA) is 78.1 Å². The maximum Gasteiger partial charge on any atom is 0.262 e. The van der Waals surface area contributed by atoms with Gasteiger partial charge in [-0.15, -0.1) is 0 Å². The molecular weight excluding hydrogens is 384 g/mol. The molecule has 2 N–H and O–H groups in total. The Morgan fingerprint density at radius 3 is 2.81 bits per heavy atom. The maximum absolute atomic E-state index is 12.7. The third kappa shape index (κ3) is 3.67. The highest BCUT2D eigenvalue weighted by atomic mass is 35.5. The summed E-state index contributed by atoms with van der Waals surface area (Å²) in [5.41, 5.74) is 1.83.